The van der Waals surface area contributed by atoms with Gasteiger partial charge in [-0.05, 0) is 24.3 Å². The van der Waals surface area contributed by atoms with Gasteiger partial charge in [-0.15, -0.1) is 0 Å². The molecule has 1 aromatic heterocycles. The van der Waals surface area contributed by atoms with Gasteiger partial charge < -0.3 is 0 Å². The highest BCUT2D eigenvalue weighted by Crippen LogP contribution is 2.29. The SMILES string of the molecule is O=C(c1ccc(C(F)(F)F)cc1)n1cncn1. The lowest BCUT2D eigenvalue weighted by Gasteiger charge is -2.06. The third-order valence-electron chi connectivity index (χ3n) is 2.09. The van der Waals surface area contributed by atoms with E-state index in [1.165, 1.54) is 12.7 Å². The minimum absolute atomic E-state index is 0.114. The lowest BCUT2D eigenvalue weighted by Crippen LogP contribution is -2.13. The molecule has 17 heavy (non-hydrogen) atoms. The van der Waals surface area contributed by atoms with Gasteiger partial charge in [0.05, 0.1) is 5.56 Å². The van der Waals surface area contributed by atoms with Gasteiger partial charge in [0.15, 0.2) is 0 Å². The molecule has 0 aliphatic heterocycles. The van der Waals surface area contributed by atoms with Gasteiger partial charge in [0.25, 0.3) is 5.91 Å². The summed E-state index contributed by atoms with van der Waals surface area (Å²) in [6, 6.07) is 3.91. The number of rotatable bonds is 1. The number of carbonyl (C=O) groups is 1. The molecule has 7 heteroatoms. The van der Waals surface area contributed by atoms with Crippen molar-refractivity contribution in [1.82, 2.24) is 14.8 Å². The Hall–Kier alpha value is -2.18. The molecule has 0 atom stereocenters. The Morgan fingerprint density at radius 2 is 1.82 bits per heavy atom. The van der Waals surface area contributed by atoms with Crippen molar-refractivity contribution in [3.8, 4) is 0 Å². The molecule has 0 N–H and O–H groups in total. The second-order valence-corrected chi connectivity index (χ2v) is 3.22. The second kappa shape index (κ2) is 4.00. The van der Waals surface area contributed by atoms with Crippen molar-refractivity contribution >= 4 is 5.91 Å². The highest BCUT2D eigenvalue weighted by molar-refractivity contribution is 5.95. The van der Waals surface area contributed by atoms with Gasteiger partial charge in [-0.25, -0.2) is 4.98 Å². The van der Waals surface area contributed by atoms with E-state index in [4.69, 9.17) is 0 Å². The molecule has 2 rings (SSSR count). The number of hydrogen-bond donors (Lipinski definition) is 0. The summed E-state index contributed by atoms with van der Waals surface area (Å²) in [5, 5.41) is 3.60. The summed E-state index contributed by atoms with van der Waals surface area (Å²) in [7, 11) is 0. The summed E-state index contributed by atoms with van der Waals surface area (Å²) in [5.41, 5.74) is -0.684. The van der Waals surface area contributed by atoms with Gasteiger partial charge >= 0.3 is 6.18 Å². The Morgan fingerprint density at radius 1 is 1.18 bits per heavy atom. The number of benzene rings is 1. The molecule has 0 spiro atoms. The summed E-state index contributed by atoms with van der Waals surface area (Å²) in [5.74, 6) is -0.531. The van der Waals surface area contributed by atoms with Gasteiger partial charge in [0.2, 0.25) is 0 Å². The largest absolute Gasteiger partial charge is 0.416 e. The van der Waals surface area contributed by atoms with E-state index < -0.39 is 17.6 Å². The average molecular weight is 241 g/mol. The van der Waals surface area contributed by atoms with Crippen LogP contribution in [0.25, 0.3) is 0 Å². The zero-order valence-corrected chi connectivity index (χ0v) is 8.35. The van der Waals surface area contributed by atoms with Gasteiger partial charge in [0, 0.05) is 5.56 Å². The van der Waals surface area contributed by atoms with E-state index in [-0.39, 0.29) is 5.56 Å². The van der Waals surface area contributed by atoms with Crippen LogP contribution in [0.3, 0.4) is 0 Å². The first-order valence-corrected chi connectivity index (χ1v) is 4.55. The molecule has 2 aromatic rings. The summed E-state index contributed by atoms with van der Waals surface area (Å²) in [4.78, 5) is 15.2. The molecule has 0 fully saturated rings. The molecule has 0 bridgehead atoms. The summed E-state index contributed by atoms with van der Waals surface area (Å²) < 4.78 is 37.8. The average Bonchev–Trinajstić information content (AvgIpc) is 2.80. The van der Waals surface area contributed by atoms with Crippen LogP contribution < -0.4 is 0 Å². The lowest BCUT2D eigenvalue weighted by atomic mass is 10.1. The first-order valence-electron chi connectivity index (χ1n) is 4.55. The second-order valence-electron chi connectivity index (χ2n) is 3.22. The van der Waals surface area contributed by atoms with E-state index in [0.717, 1.165) is 28.9 Å². The summed E-state index contributed by atoms with van der Waals surface area (Å²) in [6.45, 7) is 0. The van der Waals surface area contributed by atoms with Gasteiger partial charge in [-0.3, -0.25) is 4.79 Å². The van der Waals surface area contributed by atoms with E-state index in [9.17, 15) is 18.0 Å². The van der Waals surface area contributed by atoms with E-state index in [2.05, 4.69) is 10.1 Å². The number of alkyl halides is 3. The topological polar surface area (TPSA) is 47.8 Å². The van der Waals surface area contributed by atoms with Crippen molar-refractivity contribution in [2.75, 3.05) is 0 Å². The van der Waals surface area contributed by atoms with Crippen LogP contribution >= 0.6 is 0 Å². The normalized spacial score (nSPS) is 11.5. The van der Waals surface area contributed by atoms with Crippen LogP contribution in [-0.4, -0.2) is 20.7 Å². The molecule has 0 unspecified atom stereocenters. The fourth-order valence-corrected chi connectivity index (χ4v) is 1.25. The quantitative estimate of drug-likeness (QED) is 0.767. The molecule has 0 saturated carbocycles. The number of hydrogen-bond acceptors (Lipinski definition) is 3. The van der Waals surface area contributed by atoms with Crippen molar-refractivity contribution in [2.45, 2.75) is 6.18 Å². The summed E-state index contributed by atoms with van der Waals surface area (Å²) >= 11 is 0. The maximum Gasteiger partial charge on any atom is 0.416 e. The van der Waals surface area contributed by atoms with Crippen LogP contribution in [0.1, 0.15) is 15.9 Å². The monoisotopic (exact) mass is 241 g/mol. The fraction of sp³-hybridized carbons (Fsp3) is 0.100. The molecule has 1 aromatic carbocycles. The number of nitrogens with zero attached hydrogens (tertiary/aromatic N) is 3. The molecular weight excluding hydrogens is 235 g/mol. The molecule has 0 radical (unpaired) electrons. The van der Waals surface area contributed by atoms with Gasteiger partial charge in [-0.2, -0.15) is 23.0 Å². The van der Waals surface area contributed by atoms with Crippen molar-refractivity contribution in [1.29, 1.82) is 0 Å². The highest BCUT2D eigenvalue weighted by atomic mass is 19.4. The summed E-state index contributed by atoms with van der Waals surface area (Å²) in [6.07, 6.45) is -2.06. The first-order chi connectivity index (χ1) is 7.98. The first kappa shape index (κ1) is 11.3. The third-order valence-corrected chi connectivity index (χ3v) is 2.09. The Kier molecular flexibility index (Phi) is 2.66. The van der Waals surface area contributed by atoms with Crippen molar-refractivity contribution < 1.29 is 18.0 Å². The number of aromatic nitrogens is 3. The highest BCUT2D eigenvalue weighted by Gasteiger charge is 2.30. The van der Waals surface area contributed by atoms with E-state index in [0.29, 0.717) is 0 Å². The van der Waals surface area contributed by atoms with Crippen LogP contribution in [0, 0.1) is 0 Å². The Labute approximate surface area is 93.7 Å². The zero-order valence-electron chi connectivity index (χ0n) is 8.35. The minimum Gasteiger partial charge on any atom is -0.267 e. The van der Waals surface area contributed by atoms with E-state index in [1.807, 2.05) is 0 Å². The van der Waals surface area contributed by atoms with E-state index >= 15 is 0 Å². The Morgan fingerprint density at radius 3 is 2.29 bits per heavy atom. The fourth-order valence-electron chi connectivity index (χ4n) is 1.25. The molecule has 0 aliphatic rings. The van der Waals surface area contributed by atoms with Gasteiger partial charge in [0.1, 0.15) is 12.7 Å². The molecule has 1 heterocycles. The van der Waals surface area contributed by atoms with Crippen molar-refractivity contribution in [3.63, 3.8) is 0 Å². The smallest absolute Gasteiger partial charge is 0.267 e. The van der Waals surface area contributed by atoms with Crippen LogP contribution in [0.15, 0.2) is 36.9 Å². The maximum absolute atomic E-state index is 12.3. The van der Waals surface area contributed by atoms with E-state index in [1.54, 1.807) is 0 Å². The lowest BCUT2D eigenvalue weighted by molar-refractivity contribution is -0.137. The number of carbonyl (C=O) groups excluding carboxylic acids is 1. The Balaban J connectivity index is 2.28. The number of halogens is 3. The zero-order chi connectivity index (χ0) is 12.5. The predicted octanol–water partition coefficient (Wildman–Crippen LogP) is 1.99. The predicted molar refractivity (Wildman–Crippen MR) is 51.2 cm³/mol. The van der Waals surface area contributed by atoms with Crippen LogP contribution in [-0.2, 0) is 6.18 Å². The third kappa shape index (κ3) is 2.32. The van der Waals surface area contributed by atoms with Crippen LogP contribution in [0.4, 0.5) is 13.2 Å². The minimum atomic E-state index is -4.41. The standard InChI is InChI=1S/C10H6F3N3O/c11-10(12,13)8-3-1-7(2-4-8)9(17)16-6-14-5-15-16/h1-6H. The molecule has 4 nitrogen and oxygen atoms in total. The van der Waals surface area contributed by atoms with Crippen molar-refractivity contribution in [3.05, 3.63) is 48.0 Å². The maximum atomic E-state index is 12.3. The molecule has 0 saturated heterocycles. The van der Waals surface area contributed by atoms with Gasteiger partial charge in [-0.1, -0.05) is 0 Å². The molecular formula is C10H6F3N3O. The van der Waals surface area contributed by atoms with Crippen LogP contribution in [0.5, 0.6) is 0 Å². The molecule has 0 amide bonds. The molecule has 0 aliphatic carbocycles. The van der Waals surface area contributed by atoms with Crippen molar-refractivity contribution in [2.24, 2.45) is 0 Å². The Bertz CT molecular complexity index is 517. The van der Waals surface area contributed by atoms with Crippen LogP contribution in [0.2, 0.25) is 0 Å². The molecule has 88 valence electrons.